The Kier molecular flexibility index (Phi) is 21.6. The molecule has 3 nitrogen and oxygen atoms in total. The highest BCUT2D eigenvalue weighted by molar-refractivity contribution is 5.75. The van der Waals surface area contributed by atoms with E-state index in [0.717, 1.165) is 0 Å². The minimum absolute atomic E-state index is 0. The monoisotopic (exact) mass is 403 g/mol. The molecule has 0 aliphatic rings. The molecule has 0 saturated heterocycles. The van der Waals surface area contributed by atoms with Gasteiger partial charge in [-0.3, -0.25) is 14.4 Å². The average Bonchev–Trinajstić information content (AvgIpc) is 2.62. The zero-order valence-electron chi connectivity index (χ0n) is 19.5. The van der Waals surface area contributed by atoms with Gasteiger partial charge in [-0.2, -0.15) is 0 Å². The zero-order chi connectivity index (χ0) is 19.6. The van der Waals surface area contributed by atoms with Crippen molar-refractivity contribution in [1.29, 1.82) is 0 Å². The van der Waals surface area contributed by atoms with E-state index >= 15 is 0 Å². The van der Waals surface area contributed by atoms with Crippen LogP contribution in [0.3, 0.4) is 0 Å². The second-order valence-corrected chi connectivity index (χ2v) is 7.68. The maximum Gasteiger partial charge on any atom is 0.350 e. The molecule has 0 fully saturated rings. The summed E-state index contributed by atoms with van der Waals surface area (Å²) >= 11 is 0. The fraction of sp³-hybridized carbons (Fsp3) is 0.957. The third kappa shape index (κ3) is 12.6. The standard InChI is InChI=1S/C23H50N3.ClH/c1-7-13-15-21-26(22-16-14-8-2)23(24(17-9-3)18-10-4)25(19-11-5)20-12-6;/h7-22H2,1-6H3;1H/q+1;/p-1. The number of guanidine groups is 1. The third-order valence-corrected chi connectivity index (χ3v) is 4.89. The van der Waals surface area contributed by atoms with Crippen molar-refractivity contribution in [1.82, 2.24) is 9.80 Å². The van der Waals surface area contributed by atoms with Gasteiger partial charge in [0.25, 0.3) is 0 Å². The molecule has 27 heavy (non-hydrogen) atoms. The predicted molar refractivity (Wildman–Crippen MR) is 118 cm³/mol. The quantitative estimate of drug-likeness (QED) is 0.169. The summed E-state index contributed by atoms with van der Waals surface area (Å²) in [4.78, 5) is 5.40. The van der Waals surface area contributed by atoms with Crippen LogP contribution in [0.5, 0.6) is 0 Å². The van der Waals surface area contributed by atoms with Crippen molar-refractivity contribution in [3.63, 3.8) is 0 Å². The predicted octanol–water partition coefficient (Wildman–Crippen LogP) is 2.98. The molecule has 0 amide bonds. The fourth-order valence-corrected chi connectivity index (χ4v) is 3.72. The molecule has 0 unspecified atom stereocenters. The summed E-state index contributed by atoms with van der Waals surface area (Å²) in [6.45, 7) is 21.1. The number of hydrogen-bond acceptors (Lipinski definition) is 0. The first kappa shape index (κ1) is 28.8. The molecule has 0 aliphatic heterocycles. The first-order chi connectivity index (χ1) is 12.7. The molecule has 0 saturated carbocycles. The van der Waals surface area contributed by atoms with Crippen molar-refractivity contribution in [3.05, 3.63) is 0 Å². The summed E-state index contributed by atoms with van der Waals surface area (Å²) in [6.07, 6.45) is 12.9. The number of unbranched alkanes of at least 4 members (excludes halogenated alkanes) is 4. The van der Waals surface area contributed by atoms with Gasteiger partial charge in [0.15, 0.2) is 0 Å². The topological polar surface area (TPSA) is 9.49 Å². The van der Waals surface area contributed by atoms with E-state index in [4.69, 9.17) is 0 Å². The normalized spacial score (nSPS) is 10.4. The van der Waals surface area contributed by atoms with E-state index in [1.165, 1.54) is 103 Å². The zero-order valence-corrected chi connectivity index (χ0v) is 20.3. The Labute approximate surface area is 178 Å². The lowest BCUT2D eigenvalue weighted by atomic mass is 10.2. The minimum Gasteiger partial charge on any atom is -1.00 e. The van der Waals surface area contributed by atoms with E-state index in [2.05, 4.69) is 55.9 Å². The van der Waals surface area contributed by atoms with Crippen molar-refractivity contribution < 1.29 is 17.0 Å². The van der Waals surface area contributed by atoms with Gasteiger partial charge in [0.05, 0.1) is 39.3 Å². The number of nitrogens with zero attached hydrogens (tertiary/aromatic N) is 3. The number of halogens is 1. The minimum atomic E-state index is 0. The van der Waals surface area contributed by atoms with Crippen molar-refractivity contribution in [3.8, 4) is 0 Å². The lowest BCUT2D eigenvalue weighted by Crippen LogP contribution is -3.00. The first-order valence-corrected chi connectivity index (χ1v) is 11.8. The van der Waals surface area contributed by atoms with Crippen LogP contribution in [0.1, 0.15) is 106 Å². The van der Waals surface area contributed by atoms with Gasteiger partial charge in [0.1, 0.15) is 0 Å². The van der Waals surface area contributed by atoms with Crippen LogP contribution in [0, 0.1) is 0 Å². The van der Waals surface area contributed by atoms with E-state index in [9.17, 15) is 0 Å². The van der Waals surface area contributed by atoms with Gasteiger partial charge in [-0.15, -0.1) is 0 Å². The summed E-state index contributed by atoms with van der Waals surface area (Å²) in [5.41, 5.74) is 0. The van der Waals surface area contributed by atoms with Crippen molar-refractivity contribution in [2.45, 2.75) is 106 Å². The van der Waals surface area contributed by atoms with Crippen LogP contribution in [0.25, 0.3) is 0 Å². The molecule has 0 aromatic heterocycles. The molecule has 0 aliphatic carbocycles. The average molecular weight is 404 g/mol. The van der Waals surface area contributed by atoms with Crippen LogP contribution in [0.15, 0.2) is 0 Å². The summed E-state index contributed by atoms with van der Waals surface area (Å²) < 4.78 is 2.75. The lowest BCUT2D eigenvalue weighted by Gasteiger charge is -2.30. The summed E-state index contributed by atoms with van der Waals surface area (Å²) in [5.74, 6) is 1.55. The van der Waals surface area contributed by atoms with Gasteiger partial charge >= 0.3 is 5.96 Å². The molecule has 0 aromatic rings. The Balaban J connectivity index is 0. The van der Waals surface area contributed by atoms with E-state index in [-0.39, 0.29) is 12.4 Å². The van der Waals surface area contributed by atoms with Gasteiger partial charge in [-0.05, 0) is 38.5 Å². The van der Waals surface area contributed by atoms with Gasteiger partial charge < -0.3 is 12.4 Å². The molecule has 0 N–H and O–H groups in total. The third-order valence-electron chi connectivity index (χ3n) is 4.89. The molecular formula is C23H50ClN3. The van der Waals surface area contributed by atoms with Crippen LogP contribution >= 0.6 is 0 Å². The summed E-state index contributed by atoms with van der Waals surface area (Å²) in [7, 11) is 0. The number of hydrogen-bond donors (Lipinski definition) is 0. The van der Waals surface area contributed by atoms with Crippen LogP contribution in [-0.4, -0.2) is 59.6 Å². The first-order valence-electron chi connectivity index (χ1n) is 11.8. The van der Waals surface area contributed by atoms with Crippen molar-refractivity contribution in [2.24, 2.45) is 0 Å². The lowest BCUT2D eigenvalue weighted by molar-refractivity contribution is -0.539. The SMILES string of the molecule is CCCCC[N+](CCCCC)=C(N(CCC)CCC)N(CCC)CCC.[Cl-]. The molecule has 0 rings (SSSR count). The second kappa shape index (κ2) is 20.3. The van der Waals surface area contributed by atoms with E-state index in [1.807, 2.05) is 0 Å². The van der Waals surface area contributed by atoms with Gasteiger partial charge in [0, 0.05) is 0 Å². The highest BCUT2D eigenvalue weighted by atomic mass is 35.5. The highest BCUT2D eigenvalue weighted by Crippen LogP contribution is 2.09. The van der Waals surface area contributed by atoms with E-state index in [1.54, 1.807) is 5.96 Å². The van der Waals surface area contributed by atoms with E-state index < -0.39 is 0 Å². The molecule has 0 bridgehead atoms. The van der Waals surface area contributed by atoms with Crippen molar-refractivity contribution in [2.75, 3.05) is 39.3 Å². The maximum atomic E-state index is 2.75. The molecule has 0 atom stereocenters. The van der Waals surface area contributed by atoms with Gasteiger partial charge in [0.2, 0.25) is 0 Å². The Morgan fingerprint density at radius 2 is 0.852 bits per heavy atom. The van der Waals surface area contributed by atoms with Gasteiger partial charge in [-0.1, -0.05) is 67.2 Å². The van der Waals surface area contributed by atoms with Gasteiger partial charge in [-0.25, -0.2) is 0 Å². The molecule has 0 radical (unpaired) electrons. The maximum absolute atomic E-state index is 2.75. The van der Waals surface area contributed by atoms with Crippen molar-refractivity contribution >= 4 is 5.96 Å². The fourth-order valence-electron chi connectivity index (χ4n) is 3.72. The molecule has 0 aromatic carbocycles. The van der Waals surface area contributed by atoms with Crippen LogP contribution in [0.4, 0.5) is 0 Å². The summed E-state index contributed by atoms with van der Waals surface area (Å²) in [6, 6.07) is 0. The highest BCUT2D eigenvalue weighted by Gasteiger charge is 2.27. The van der Waals surface area contributed by atoms with Crippen LogP contribution in [0.2, 0.25) is 0 Å². The Morgan fingerprint density at radius 1 is 0.519 bits per heavy atom. The molecule has 4 heteroatoms. The molecule has 0 heterocycles. The molecule has 164 valence electrons. The molecule has 0 spiro atoms. The smallest absolute Gasteiger partial charge is 0.350 e. The summed E-state index contributed by atoms with van der Waals surface area (Å²) in [5, 5.41) is 0. The van der Waals surface area contributed by atoms with Crippen LogP contribution in [-0.2, 0) is 0 Å². The Hall–Kier alpha value is -0.440. The molecular weight excluding hydrogens is 354 g/mol. The Bertz CT molecular complexity index is 303. The second-order valence-electron chi connectivity index (χ2n) is 7.68. The largest absolute Gasteiger partial charge is 1.00 e. The Morgan fingerprint density at radius 3 is 1.11 bits per heavy atom. The number of rotatable bonds is 16. The van der Waals surface area contributed by atoms with Crippen LogP contribution < -0.4 is 12.4 Å². The van der Waals surface area contributed by atoms with E-state index in [0.29, 0.717) is 0 Å².